The molecule has 0 spiro atoms. The highest BCUT2D eigenvalue weighted by atomic mass is 35.5. The maximum atomic E-state index is 6.01. The third kappa shape index (κ3) is 2.83. The Balaban J connectivity index is 3.01. The van der Waals surface area contributed by atoms with Crippen LogP contribution in [0.15, 0.2) is 18.2 Å². The summed E-state index contributed by atoms with van der Waals surface area (Å²) in [5, 5.41) is 0.577. The van der Waals surface area contributed by atoms with E-state index in [9.17, 15) is 0 Å². The van der Waals surface area contributed by atoms with Crippen molar-refractivity contribution in [3.8, 4) is 5.75 Å². The van der Waals surface area contributed by atoms with Crippen molar-refractivity contribution in [2.24, 2.45) is 0 Å². The summed E-state index contributed by atoms with van der Waals surface area (Å²) in [6.45, 7) is 2.02. The molecule has 0 amide bonds. The molecule has 0 aromatic heterocycles. The Morgan fingerprint density at radius 1 is 1.54 bits per heavy atom. The van der Waals surface area contributed by atoms with E-state index in [1.54, 1.807) is 6.07 Å². The molecule has 0 unspecified atom stereocenters. The number of aryl methyl sites for hydroxylation is 1. The van der Waals surface area contributed by atoms with Gasteiger partial charge < -0.3 is 4.74 Å². The van der Waals surface area contributed by atoms with Crippen LogP contribution in [-0.4, -0.2) is 4.51 Å². The summed E-state index contributed by atoms with van der Waals surface area (Å²) in [6.07, 6.45) is 0.852. The number of hydrogen-bond acceptors (Lipinski definition) is 2. The Morgan fingerprint density at radius 2 is 2.23 bits per heavy atom. The van der Waals surface area contributed by atoms with Crippen molar-refractivity contribution in [3.63, 3.8) is 0 Å². The number of thiocarbonyl (C=S) groups is 1. The van der Waals surface area contributed by atoms with E-state index in [0.717, 1.165) is 12.0 Å². The van der Waals surface area contributed by atoms with E-state index < -0.39 is 0 Å². The number of benzene rings is 1. The lowest BCUT2D eigenvalue weighted by Gasteiger charge is -2.06. The van der Waals surface area contributed by atoms with Crippen LogP contribution in [0.5, 0.6) is 5.75 Å². The maximum absolute atomic E-state index is 6.01. The van der Waals surface area contributed by atoms with Gasteiger partial charge in [0.2, 0.25) is 0 Å². The molecule has 0 radical (unpaired) electrons. The van der Waals surface area contributed by atoms with Crippen LogP contribution >= 0.6 is 35.4 Å². The Morgan fingerprint density at radius 3 is 2.77 bits per heavy atom. The summed E-state index contributed by atoms with van der Waals surface area (Å²) >= 11 is 16.0. The normalized spacial score (nSPS) is 9.77. The van der Waals surface area contributed by atoms with Gasteiger partial charge in [-0.05, 0) is 41.9 Å². The Hall–Kier alpha value is -0.310. The zero-order valence-corrected chi connectivity index (χ0v) is 9.34. The van der Waals surface area contributed by atoms with Gasteiger partial charge in [-0.25, -0.2) is 0 Å². The second-order valence-electron chi connectivity index (χ2n) is 2.42. The summed E-state index contributed by atoms with van der Waals surface area (Å²) in [4.78, 5) is 0. The fourth-order valence-electron chi connectivity index (χ4n) is 0.995. The molecule has 70 valence electrons. The average molecular weight is 235 g/mol. The summed E-state index contributed by atoms with van der Waals surface area (Å²) in [7, 11) is 0. The first-order valence-corrected chi connectivity index (χ1v) is 4.96. The zero-order valence-electron chi connectivity index (χ0n) is 7.01. The number of rotatable bonds is 2. The largest absolute Gasteiger partial charge is 0.434 e. The smallest absolute Gasteiger partial charge is 0.260 e. The highest BCUT2D eigenvalue weighted by Crippen LogP contribution is 2.28. The van der Waals surface area contributed by atoms with Gasteiger partial charge in [0.05, 0.1) is 5.02 Å². The van der Waals surface area contributed by atoms with Crippen LogP contribution in [0.1, 0.15) is 12.5 Å². The van der Waals surface area contributed by atoms with Crippen LogP contribution in [0, 0.1) is 0 Å². The lowest BCUT2D eigenvalue weighted by molar-refractivity contribution is 0.577. The molecule has 0 atom stereocenters. The third-order valence-electron chi connectivity index (χ3n) is 1.61. The van der Waals surface area contributed by atoms with Crippen molar-refractivity contribution in [2.75, 3.05) is 0 Å². The van der Waals surface area contributed by atoms with E-state index in [4.69, 9.17) is 27.9 Å². The van der Waals surface area contributed by atoms with Gasteiger partial charge in [-0.1, -0.05) is 30.7 Å². The van der Waals surface area contributed by atoms with Crippen molar-refractivity contribution >= 4 is 39.9 Å². The molecule has 1 aromatic carbocycles. The predicted molar refractivity (Wildman–Crippen MR) is 59.9 cm³/mol. The van der Waals surface area contributed by atoms with Crippen LogP contribution in [0.2, 0.25) is 5.02 Å². The molecule has 0 fully saturated rings. The Bertz CT molecular complexity index is 325. The van der Waals surface area contributed by atoms with Crippen molar-refractivity contribution < 1.29 is 4.74 Å². The molecular formula is C9H8Cl2OS. The van der Waals surface area contributed by atoms with Gasteiger partial charge in [0.1, 0.15) is 5.75 Å². The number of hydrogen-bond donors (Lipinski definition) is 0. The maximum Gasteiger partial charge on any atom is 0.260 e. The van der Waals surface area contributed by atoms with Crippen molar-refractivity contribution in [3.05, 3.63) is 28.8 Å². The quantitative estimate of drug-likeness (QED) is 0.569. The molecule has 1 aromatic rings. The van der Waals surface area contributed by atoms with E-state index >= 15 is 0 Å². The fourth-order valence-corrected chi connectivity index (χ4v) is 1.47. The first kappa shape index (κ1) is 10.8. The highest BCUT2D eigenvalue weighted by Gasteiger charge is 2.06. The van der Waals surface area contributed by atoms with Crippen molar-refractivity contribution in [1.29, 1.82) is 0 Å². The lowest BCUT2D eigenvalue weighted by atomic mass is 10.1. The molecular weight excluding hydrogens is 227 g/mol. The lowest BCUT2D eigenvalue weighted by Crippen LogP contribution is -1.97. The molecule has 13 heavy (non-hydrogen) atoms. The number of ether oxygens (including phenoxy) is 1. The molecule has 0 aliphatic heterocycles. The molecule has 1 rings (SSSR count). The standard InChI is InChI=1S/C9H8Cl2OS/c1-2-6-4-3-5-7(8(6)10)12-9(11)13/h3-5H,2H2,1H3. The first-order chi connectivity index (χ1) is 6.15. The van der Waals surface area contributed by atoms with Crippen LogP contribution in [-0.2, 0) is 6.42 Å². The zero-order chi connectivity index (χ0) is 9.84. The number of halogens is 2. The van der Waals surface area contributed by atoms with E-state index in [-0.39, 0.29) is 4.51 Å². The monoisotopic (exact) mass is 234 g/mol. The van der Waals surface area contributed by atoms with Crippen LogP contribution in [0.3, 0.4) is 0 Å². The van der Waals surface area contributed by atoms with Gasteiger partial charge in [-0.15, -0.1) is 0 Å². The van der Waals surface area contributed by atoms with Gasteiger partial charge in [0.15, 0.2) is 0 Å². The molecule has 0 heterocycles. The minimum absolute atomic E-state index is 0.0462. The van der Waals surface area contributed by atoms with E-state index in [0.29, 0.717) is 10.8 Å². The second kappa shape index (κ2) is 4.80. The average Bonchev–Trinajstić information content (AvgIpc) is 2.08. The van der Waals surface area contributed by atoms with Crippen molar-refractivity contribution in [1.82, 2.24) is 0 Å². The van der Waals surface area contributed by atoms with E-state index in [1.165, 1.54) is 0 Å². The van der Waals surface area contributed by atoms with E-state index in [2.05, 4.69) is 12.2 Å². The van der Waals surface area contributed by atoms with Gasteiger partial charge in [0.25, 0.3) is 4.51 Å². The molecule has 0 bridgehead atoms. The van der Waals surface area contributed by atoms with Crippen molar-refractivity contribution in [2.45, 2.75) is 13.3 Å². The predicted octanol–water partition coefficient (Wildman–Crippen LogP) is 3.80. The van der Waals surface area contributed by atoms with E-state index in [1.807, 2.05) is 19.1 Å². The molecule has 0 N–H and O–H groups in total. The Kier molecular flexibility index (Phi) is 3.97. The van der Waals surface area contributed by atoms with Crippen LogP contribution in [0.4, 0.5) is 0 Å². The topological polar surface area (TPSA) is 9.23 Å². The van der Waals surface area contributed by atoms with Crippen LogP contribution in [0.25, 0.3) is 0 Å². The minimum Gasteiger partial charge on any atom is -0.434 e. The molecule has 1 nitrogen and oxygen atoms in total. The SMILES string of the molecule is CCc1cccc(OC(=S)Cl)c1Cl. The molecule has 0 saturated carbocycles. The summed E-state index contributed by atoms with van der Waals surface area (Å²) in [5.74, 6) is 0.515. The summed E-state index contributed by atoms with van der Waals surface area (Å²) in [5.41, 5.74) is 1.02. The third-order valence-corrected chi connectivity index (χ3v) is 2.20. The summed E-state index contributed by atoms with van der Waals surface area (Å²) < 4.78 is 5.01. The van der Waals surface area contributed by atoms with Gasteiger partial charge in [0, 0.05) is 0 Å². The summed E-state index contributed by atoms with van der Waals surface area (Å²) in [6, 6.07) is 5.53. The molecule has 4 heteroatoms. The minimum atomic E-state index is -0.0462. The first-order valence-electron chi connectivity index (χ1n) is 3.80. The van der Waals surface area contributed by atoms with Crippen LogP contribution < -0.4 is 4.74 Å². The highest BCUT2D eigenvalue weighted by molar-refractivity contribution is 7.82. The Labute approximate surface area is 92.6 Å². The fraction of sp³-hybridized carbons (Fsp3) is 0.222. The van der Waals surface area contributed by atoms with Gasteiger partial charge in [-0.3, -0.25) is 0 Å². The molecule has 0 aliphatic carbocycles. The molecule has 0 aliphatic rings. The van der Waals surface area contributed by atoms with Gasteiger partial charge >= 0.3 is 0 Å². The van der Waals surface area contributed by atoms with Gasteiger partial charge in [-0.2, -0.15) is 0 Å². The molecule has 0 saturated heterocycles. The second-order valence-corrected chi connectivity index (χ2v) is 3.74.